The second-order valence-electron chi connectivity index (χ2n) is 2.97. The predicted octanol–water partition coefficient (Wildman–Crippen LogP) is 1.06. The van der Waals surface area contributed by atoms with Gasteiger partial charge in [0.25, 0.3) is 0 Å². The average molecular weight is 214 g/mol. The molecule has 0 saturated heterocycles. The summed E-state index contributed by atoms with van der Waals surface area (Å²) in [5.41, 5.74) is -1.27. The number of carbonyl (C=O) groups is 1. The zero-order chi connectivity index (χ0) is 10.8. The van der Waals surface area contributed by atoms with Crippen molar-refractivity contribution in [2.24, 2.45) is 0 Å². The summed E-state index contributed by atoms with van der Waals surface area (Å²) in [7, 11) is -3.79. The molecule has 0 heterocycles. The van der Waals surface area contributed by atoms with Crippen LogP contribution in [0.2, 0.25) is 0 Å². The molecule has 1 aromatic carbocycles. The van der Waals surface area contributed by atoms with E-state index in [0.29, 0.717) is 0 Å². The predicted molar refractivity (Wildman–Crippen MR) is 53.0 cm³/mol. The van der Waals surface area contributed by atoms with Gasteiger partial charge in [0.15, 0.2) is 0 Å². The molecule has 14 heavy (non-hydrogen) atoms. The first-order valence-electron chi connectivity index (χ1n) is 4.07. The van der Waals surface area contributed by atoms with Gasteiger partial charge in [0.1, 0.15) is 5.66 Å². The van der Waals surface area contributed by atoms with E-state index in [4.69, 9.17) is 5.11 Å². The minimum atomic E-state index is -3.79. The lowest BCUT2D eigenvalue weighted by atomic mass is 10.4. The van der Waals surface area contributed by atoms with Crippen LogP contribution in [-0.2, 0) is 9.36 Å². The molecule has 0 aromatic heterocycles. The lowest BCUT2D eigenvalue weighted by molar-refractivity contribution is -0.136. The van der Waals surface area contributed by atoms with E-state index in [1.807, 2.05) is 0 Å². The number of aliphatic carboxylic acids is 1. The topological polar surface area (TPSA) is 74.6 Å². The summed E-state index contributed by atoms with van der Waals surface area (Å²) in [4.78, 5) is 20.2. The van der Waals surface area contributed by atoms with E-state index in [2.05, 4.69) is 0 Å². The van der Waals surface area contributed by atoms with Crippen molar-refractivity contribution in [3.8, 4) is 0 Å². The van der Waals surface area contributed by atoms with E-state index in [-0.39, 0.29) is 5.30 Å². The van der Waals surface area contributed by atoms with Gasteiger partial charge in [-0.3, -0.25) is 9.36 Å². The molecule has 0 amide bonds. The maximum Gasteiger partial charge on any atom is 0.316 e. The van der Waals surface area contributed by atoms with Crippen molar-refractivity contribution in [3.63, 3.8) is 0 Å². The maximum atomic E-state index is 11.7. The van der Waals surface area contributed by atoms with Crippen LogP contribution < -0.4 is 5.30 Å². The van der Waals surface area contributed by atoms with E-state index < -0.39 is 19.0 Å². The van der Waals surface area contributed by atoms with Crippen LogP contribution in [0.3, 0.4) is 0 Å². The summed E-state index contributed by atoms with van der Waals surface area (Å²) >= 11 is 0. The van der Waals surface area contributed by atoms with Crippen molar-refractivity contribution < 1.29 is 19.4 Å². The van der Waals surface area contributed by atoms with E-state index in [0.717, 1.165) is 0 Å². The molecular formula is C9H11O4P. The lowest BCUT2D eigenvalue weighted by Crippen LogP contribution is -2.22. The van der Waals surface area contributed by atoms with Crippen LogP contribution in [0.25, 0.3) is 0 Å². The van der Waals surface area contributed by atoms with Crippen LogP contribution in [-0.4, -0.2) is 21.6 Å². The van der Waals surface area contributed by atoms with Gasteiger partial charge in [0.2, 0.25) is 7.37 Å². The average Bonchev–Trinajstić information content (AvgIpc) is 2.18. The van der Waals surface area contributed by atoms with Crippen LogP contribution >= 0.6 is 7.37 Å². The van der Waals surface area contributed by atoms with Gasteiger partial charge >= 0.3 is 5.97 Å². The standard InChI is InChI=1S/C9H11O4P/c1-7(9(10)11)14(12,13)8-5-3-2-4-6-8/h2-7H,1H3,(H,10,11)(H,12,13). The van der Waals surface area contributed by atoms with Gasteiger partial charge < -0.3 is 10.00 Å². The van der Waals surface area contributed by atoms with E-state index >= 15 is 0 Å². The molecule has 76 valence electrons. The Morgan fingerprint density at radius 2 is 1.86 bits per heavy atom. The second kappa shape index (κ2) is 3.95. The fraction of sp³-hybridized carbons (Fsp3) is 0.222. The molecule has 0 bridgehead atoms. The highest BCUT2D eigenvalue weighted by molar-refractivity contribution is 7.67. The van der Waals surface area contributed by atoms with Crippen molar-refractivity contribution >= 4 is 18.6 Å². The molecule has 0 fully saturated rings. The van der Waals surface area contributed by atoms with E-state index in [9.17, 15) is 14.3 Å². The first-order chi connectivity index (χ1) is 6.46. The molecule has 2 N–H and O–H groups in total. The quantitative estimate of drug-likeness (QED) is 0.737. The smallest absolute Gasteiger partial charge is 0.316 e. The molecule has 0 aliphatic heterocycles. The van der Waals surface area contributed by atoms with Gasteiger partial charge in [-0.05, 0) is 19.1 Å². The largest absolute Gasteiger partial charge is 0.481 e. The van der Waals surface area contributed by atoms with Gasteiger partial charge in [-0.1, -0.05) is 18.2 Å². The zero-order valence-corrected chi connectivity index (χ0v) is 8.52. The summed E-state index contributed by atoms with van der Waals surface area (Å²) < 4.78 is 11.7. The number of carboxylic acids is 1. The number of hydrogen-bond donors (Lipinski definition) is 2. The van der Waals surface area contributed by atoms with Crippen molar-refractivity contribution in [2.75, 3.05) is 0 Å². The molecule has 0 aliphatic carbocycles. The van der Waals surface area contributed by atoms with Crippen molar-refractivity contribution in [3.05, 3.63) is 30.3 Å². The summed E-state index contributed by atoms with van der Waals surface area (Å²) in [6, 6.07) is 7.83. The van der Waals surface area contributed by atoms with E-state index in [1.165, 1.54) is 19.1 Å². The first kappa shape index (κ1) is 11.0. The molecule has 5 heteroatoms. The molecule has 4 nitrogen and oxygen atoms in total. The Hall–Kier alpha value is -1.12. The fourth-order valence-electron chi connectivity index (χ4n) is 1.01. The van der Waals surface area contributed by atoms with Crippen LogP contribution in [0.4, 0.5) is 0 Å². The second-order valence-corrected chi connectivity index (χ2v) is 5.51. The number of rotatable bonds is 3. The number of hydrogen-bond acceptors (Lipinski definition) is 2. The summed E-state index contributed by atoms with van der Waals surface area (Å²) in [5, 5.41) is 8.82. The third-order valence-electron chi connectivity index (χ3n) is 2.01. The van der Waals surface area contributed by atoms with Crippen LogP contribution in [0.1, 0.15) is 6.92 Å². The molecule has 2 atom stereocenters. The number of benzene rings is 1. The molecule has 0 radical (unpaired) electrons. The van der Waals surface area contributed by atoms with Gasteiger partial charge in [0, 0.05) is 5.30 Å². The highest BCUT2D eigenvalue weighted by atomic mass is 31.2. The molecule has 2 unspecified atom stereocenters. The zero-order valence-electron chi connectivity index (χ0n) is 7.62. The Morgan fingerprint density at radius 3 is 2.29 bits per heavy atom. The SMILES string of the molecule is CC(C(=O)O)P(=O)(O)c1ccccc1. The Morgan fingerprint density at radius 1 is 1.36 bits per heavy atom. The summed E-state index contributed by atoms with van der Waals surface area (Å²) in [6.07, 6.45) is 0. The van der Waals surface area contributed by atoms with Crippen LogP contribution in [0.15, 0.2) is 30.3 Å². The van der Waals surface area contributed by atoms with Gasteiger partial charge in [0.05, 0.1) is 0 Å². The normalized spacial score (nSPS) is 17.0. The Kier molecular flexibility index (Phi) is 3.09. The minimum Gasteiger partial charge on any atom is -0.481 e. The van der Waals surface area contributed by atoms with E-state index in [1.54, 1.807) is 18.2 Å². The molecule has 0 aliphatic rings. The van der Waals surface area contributed by atoms with Gasteiger partial charge in [-0.25, -0.2) is 0 Å². The lowest BCUT2D eigenvalue weighted by Gasteiger charge is -2.15. The summed E-state index contributed by atoms with van der Waals surface area (Å²) in [6.45, 7) is 1.23. The molecular weight excluding hydrogens is 203 g/mol. The van der Waals surface area contributed by atoms with Crippen LogP contribution in [0, 0.1) is 0 Å². The maximum absolute atomic E-state index is 11.7. The molecule has 1 aromatic rings. The van der Waals surface area contributed by atoms with Crippen molar-refractivity contribution in [1.82, 2.24) is 0 Å². The molecule has 1 rings (SSSR count). The third kappa shape index (κ3) is 2.03. The number of carboxylic acid groups (broad SMARTS) is 1. The van der Waals surface area contributed by atoms with Crippen molar-refractivity contribution in [1.29, 1.82) is 0 Å². The minimum absolute atomic E-state index is 0.176. The summed E-state index contributed by atoms with van der Waals surface area (Å²) in [5.74, 6) is -1.26. The molecule has 0 saturated carbocycles. The van der Waals surface area contributed by atoms with Crippen LogP contribution in [0.5, 0.6) is 0 Å². The molecule has 0 spiro atoms. The highest BCUT2D eigenvalue weighted by Gasteiger charge is 2.34. The Labute approximate surface area is 81.7 Å². The van der Waals surface area contributed by atoms with Gasteiger partial charge in [-0.15, -0.1) is 0 Å². The third-order valence-corrected chi connectivity index (χ3v) is 4.32. The Bertz CT molecular complexity index is 374. The monoisotopic (exact) mass is 214 g/mol. The Balaban J connectivity index is 3.09. The van der Waals surface area contributed by atoms with Crippen molar-refractivity contribution in [2.45, 2.75) is 12.6 Å². The highest BCUT2D eigenvalue weighted by Crippen LogP contribution is 2.44. The van der Waals surface area contributed by atoms with Gasteiger partial charge in [-0.2, -0.15) is 0 Å². The first-order valence-corrected chi connectivity index (χ1v) is 5.80. The fourth-order valence-corrected chi connectivity index (χ4v) is 2.36.